The van der Waals surface area contributed by atoms with Gasteiger partial charge in [0.1, 0.15) is 34.6 Å². The van der Waals surface area contributed by atoms with Crippen molar-refractivity contribution < 1.29 is 26.9 Å². The van der Waals surface area contributed by atoms with Crippen molar-refractivity contribution in [3.05, 3.63) is 52.1 Å². The van der Waals surface area contributed by atoms with Gasteiger partial charge in [0.25, 0.3) is 0 Å². The van der Waals surface area contributed by atoms with Crippen LogP contribution in [-0.4, -0.2) is 27.4 Å². The van der Waals surface area contributed by atoms with Crippen LogP contribution in [0.3, 0.4) is 0 Å². The lowest BCUT2D eigenvalue weighted by Gasteiger charge is -2.15. The van der Waals surface area contributed by atoms with Crippen LogP contribution in [0.25, 0.3) is 0 Å². The van der Waals surface area contributed by atoms with Gasteiger partial charge in [-0.15, -0.1) is 13.2 Å². The molecule has 3 N–H and O–H groups in total. The number of alkyl halides is 3. The second-order valence-corrected chi connectivity index (χ2v) is 8.08. The molecular formula is C18H18ClF3N4O3S. The van der Waals surface area contributed by atoms with Crippen molar-refractivity contribution >= 4 is 28.5 Å². The maximum absolute atomic E-state index is 12.5. The summed E-state index contributed by atoms with van der Waals surface area (Å²) in [4.78, 5) is 0. The molecule has 2 aromatic rings. The van der Waals surface area contributed by atoms with E-state index in [4.69, 9.17) is 27.5 Å². The first-order chi connectivity index (χ1) is 14.0. The number of pyridine rings is 1. The number of nitrogens with two attached hydrogens (primary N) is 1. The highest BCUT2D eigenvalue weighted by molar-refractivity contribution is 7.83. The SMILES string of the molecule is CS(=O)/N=C(\N)n1cc(C2CC2)c(COc2cc(Cl)cc(OC(F)(F)F)c2)cc1=N. The quantitative estimate of drug-likeness (QED) is 0.507. The predicted octanol–water partition coefficient (Wildman–Crippen LogP) is 3.43. The van der Waals surface area contributed by atoms with E-state index >= 15 is 0 Å². The standard InChI is InChI=1S/C18H18ClF3N4O3S/c1-30(27)25-17(24)26-8-15(10-2-3-10)11(4-16(26)23)9-28-13-5-12(19)6-14(7-13)29-18(20,21)22/h4-8,10,23H,2-3,9H2,1H3,(H2,24,25). The summed E-state index contributed by atoms with van der Waals surface area (Å²) < 4.78 is 63.3. The summed E-state index contributed by atoms with van der Waals surface area (Å²) in [6.07, 6.45) is 0.0605. The number of ether oxygens (including phenoxy) is 2. The van der Waals surface area contributed by atoms with Crippen molar-refractivity contribution in [3.63, 3.8) is 0 Å². The smallest absolute Gasteiger partial charge is 0.489 e. The van der Waals surface area contributed by atoms with E-state index in [1.807, 2.05) is 0 Å². The summed E-state index contributed by atoms with van der Waals surface area (Å²) in [5.74, 6) is -0.219. The molecule has 1 aromatic carbocycles. The van der Waals surface area contributed by atoms with Gasteiger partial charge < -0.3 is 15.2 Å². The molecule has 1 unspecified atom stereocenters. The third-order valence-electron chi connectivity index (χ3n) is 4.17. The molecule has 1 aliphatic carbocycles. The molecular weight excluding hydrogens is 445 g/mol. The van der Waals surface area contributed by atoms with Crippen LogP contribution in [0.1, 0.15) is 29.9 Å². The first-order valence-corrected chi connectivity index (χ1v) is 10.6. The van der Waals surface area contributed by atoms with E-state index in [1.165, 1.54) is 23.0 Å². The second kappa shape index (κ2) is 8.68. The van der Waals surface area contributed by atoms with Crippen LogP contribution in [0.4, 0.5) is 13.2 Å². The molecule has 0 aliphatic heterocycles. The molecule has 0 saturated heterocycles. The Morgan fingerprint density at radius 3 is 2.60 bits per heavy atom. The number of nitrogens with one attached hydrogen (secondary N) is 1. The molecule has 1 fully saturated rings. The fraction of sp³-hybridized carbons (Fsp3) is 0.333. The molecule has 12 heteroatoms. The topological polar surface area (TPSA) is 103 Å². The maximum Gasteiger partial charge on any atom is 0.573 e. The van der Waals surface area contributed by atoms with E-state index in [1.54, 1.807) is 6.20 Å². The maximum atomic E-state index is 12.5. The number of rotatable bonds is 6. The van der Waals surface area contributed by atoms with Gasteiger partial charge in [-0.2, -0.15) is 4.40 Å². The highest BCUT2D eigenvalue weighted by atomic mass is 35.5. The largest absolute Gasteiger partial charge is 0.573 e. The van der Waals surface area contributed by atoms with Crippen LogP contribution < -0.4 is 20.7 Å². The molecule has 162 valence electrons. The van der Waals surface area contributed by atoms with E-state index < -0.39 is 23.1 Å². The third-order valence-corrected chi connectivity index (χ3v) is 4.83. The molecule has 0 bridgehead atoms. The van der Waals surface area contributed by atoms with E-state index in [0.717, 1.165) is 30.5 Å². The van der Waals surface area contributed by atoms with Crippen molar-refractivity contribution in [2.24, 2.45) is 10.1 Å². The first-order valence-electron chi connectivity index (χ1n) is 8.69. The van der Waals surface area contributed by atoms with Gasteiger partial charge in [-0.25, -0.2) is 4.21 Å². The van der Waals surface area contributed by atoms with Gasteiger partial charge in [0.05, 0.1) is 0 Å². The number of nitrogens with zero attached hydrogens (tertiary/aromatic N) is 2. The van der Waals surface area contributed by atoms with Crippen LogP contribution in [0, 0.1) is 5.41 Å². The zero-order valence-electron chi connectivity index (χ0n) is 15.7. The monoisotopic (exact) mass is 462 g/mol. The predicted molar refractivity (Wildman–Crippen MR) is 106 cm³/mol. The summed E-state index contributed by atoms with van der Waals surface area (Å²) in [6.45, 7) is 0.00110. The number of hydrogen-bond donors (Lipinski definition) is 2. The molecule has 0 radical (unpaired) electrons. The summed E-state index contributed by atoms with van der Waals surface area (Å²) in [7, 11) is -1.52. The lowest BCUT2D eigenvalue weighted by atomic mass is 10.1. The minimum absolute atomic E-state index is 0.00110. The highest BCUT2D eigenvalue weighted by Crippen LogP contribution is 2.41. The molecule has 0 spiro atoms. The van der Waals surface area contributed by atoms with Gasteiger partial charge in [0.15, 0.2) is 0 Å². The first kappa shape index (κ1) is 22.2. The molecule has 1 saturated carbocycles. The highest BCUT2D eigenvalue weighted by Gasteiger charge is 2.31. The Kier molecular flexibility index (Phi) is 6.41. The Hall–Kier alpha value is -2.53. The van der Waals surface area contributed by atoms with Crippen molar-refractivity contribution in [2.75, 3.05) is 6.26 Å². The zero-order valence-corrected chi connectivity index (χ0v) is 17.3. The average molecular weight is 463 g/mol. The Morgan fingerprint density at radius 1 is 1.33 bits per heavy atom. The molecule has 1 atom stereocenters. The van der Waals surface area contributed by atoms with Crippen LogP contribution in [-0.2, 0) is 17.6 Å². The fourth-order valence-electron chi connectivity index (χ4n) is 2.84. The van der Waals surface area contributed by atoms with Crippen LogP contribution in [0.2, 0.25) is 5.02 Å². The Labute approximate surface area is 177 Å². The Balaban J connectivity index is 1.86. The minimum atomic E-state index is -4.85. The molecule has 3 rings (SSSR count). The number of hydrogen-bond acceptors (Lipinski definition) is 4. The minimum Gasteiger partial charge on any atom is -0.489 e. The third kappa shape index (κ3) is 5.99. The van der Waals surface area contributed by atoms with E-state index in [2.05, 4.69) is 9.13 Å². The van der Waals surface area contributed by atoms with E-state index in [0.29, 0.717) is 5.56 Å². The fourth-order valence-corrected chi connectivity index (χ4v) is 3.40. The molecule has 7 nitrogen and oxygen atoms in total. The Bertz CT molecular complexity index is 1070. The van der Waals surface area contributed by atoms with Gasteiger partial charge in [0.2, 0.25) is 5.96 Å². The summed E-state index contributed by atoms with van der Waals surface area (Å²) in [5.41, 5.74) is 7.39. The van der Waals surface area contributed by atoms with Gasteiger partial charge in [-0.1, -0.05) is 11.6 Å². The summed E-state index contributed by atoms with van der Waals surface area (Å²) >= 11 is 5.86. The lowest BCUT2D eigenvalue weighted by Crippen LogP contribution is -2.34. The molecule has 1 aromatic heterocycles. The molecule has 30 heavy (non-hydrogen) atoms. The van der Waals surface area contributed by atoms with Gasteiger partial charge in [-0.3, -0.25) is 9.98 Å². The average Bonchev–Trinajstić information content (AvgIpc) is 3.42. The van der Waals surface area contributed by atoms with Crippen LogP contribution in [0.5, 0.6) is 11.5 Å². The number of benzene rings is 1. The molecule has 1 aliphatic rings. The second-order valence-electron chi connectivity index (χ2n) is 6.62. The van der Waals surface area contributed by atoms with Crippen molar-refractivity contribution in [2.45, 2.75) is 31.7 Å². The normalized spacial score (nSPS) is 15.7. The number of halogens is 4. The Morgan fingerprint density at radius 2 is 2.00 bits per heavy atom. The van der Waals surface area contributed by atoms with Crippen LogP contribution >= 0.6 is 11.6 Å². The molecule has 1 heterocycles. The summed E-state index contributed by atoms with van der Waals surface area (Å²) in [5, 5.41) is 8.20. The van der Waals surface area contributed by atoms with Crippen molar-refractivity contribution in [1.82, 2.24) is 4.57 Å². The van der Waals surface area contributed by atoms with Gasteiger partial charge in [0, 0.05) is 23.5 Å². The molecule has 0 amide bonds. The summed E-state index contributed by atoms with van der Waals surface area (Å²) in [6, 6.07) is 5.02. The van der Waals surface area contributed by atoms with Crippen molar-refractivity contribution in [1.29, 1.82) is 5.41 Å². The number of aromatic nitrogens is 1. The van der Waals surface area contributed by atoms with Crippen molar-refractivity contribution in [3.8, 4) is 11.5 Å². The van der Waals surface area contributed by atoms with Gasteiger partial charge in [-0.05, 0) is 48.1 Å². The zero-order chi connectivity index (χ0) is 22.1. The van der Waals surface area contributed by atoms with Crippen LogP contribution in [0.15, 0.2) is 34.9 Å². The van der Waals surface area contributed by atoms with E-state index in [-0.39, 0.29) is 34.7 Å². The lowest BCUT2D eigenvalue weighted by molar-refractivity contribution is -0.274. The van der Waals surface area contributed by atoms with E-state index in [9.17, 15) is 17.4 Å². The van der Waals surface area contributed by atoms with Gasteiger partial charge >= 0.3 is 6.36 Å².